The Bertz CT molecular complexity index is 358. The molecular formula is C8H7Cl3O6. The molecule has 0 bridgehead atoms. The Kier molecular flexibility index (Phi) is 2.76. The number of rotatable bonds is 0. The highest BCUT2D eigenvalue weighted by Crippen LogP contribution is 2.44. The zero-order valence-electron chi connectivity index (χ0n) is 8.09. The molecule has 17 heavy (non-hydrogen) atoms. The monoisotopic (exact) mass is 304 g/mol. The summed E-state index contributed by atoms with van der Waals surface area (Å²) in [4.78, 5) is 11.1. The predicted octanol–water partition coefficient (Wildman–Crippen LogP) is 0.109. The molecule has 96 valence electrons. The van der Waals surface area contributed by atoms with Crippen LogP contribution in [0.5, 0.6) is 0 Å². The van der Waals surface area contributed by atoms with E-state index in [9.17, 15) is 9.90 Å². The summed E-state index contributed by atoms with van der Waals surface area (Å²) in [5.41, 5.74) is 0. The number of aliphatic hydroxyl groups is 1. The van der Waals surface area contributed by atoms with Crippen molar-refractivity contribution in [2.24, 2.45) is 0 Å². The lowest BCUT2D eigenvalue weighted by atomic mass is 10.1. The molecule has 3 fully saturated rings. The quantitative estimate of drug-likeness (QED) is 0.506. The first-order valence-electron chi connectivity index (χ1n) is 4.79. The van der Waals surface area contributed by atoms with Gasteiger partial charge in [-0.15, -0.1) is 0 Å². The van der Waals surface area contributed by atoms with Crippen molar-refractivity contribution >= 4 is 40.8 Å². The molecule has 0 amide bonds. The number of alkyl halides is 3. The van der Waals surface area contributed by atoms with E-state index in [-0.39, 0.29) is 0 Å². The minimum atomic E-state index is -1.76. The third-order valence-corrected chi connectivity index (χ3v) is 3.35. The fourth-order valence-electron chi connectivity index (χ4n) is 2.08. The topological polar surface area (TPSA) is 74.2 Å². The lowest BCUT2D eigenvalue weighted by molar-refractivity contribution is -0.169. The molecule has 0 aromatic carbocycles. The fourth-order valence-corrected chi connectivity index (χ4v) is 2.39. The molecule has 3 saturated heterocycles. The van der Waals surface area contributed by atoms with Crippen LogP contribution in [0.3, 0.4) is 0 Å². The van der Waals surface area contributed by atoms with Crippen molar-refractivity contribution in [3.63, 3.8) is 0 Å². The maximum atomic E-state index is 11.1. The van der Waals surface area contributed by atoms with Crippen LogP contribution < -0.4 is 0 Å². The summed E-state index contributed by atoms with van der Waals surface area (Å²) in [5.74, 6) is -0.751. The summed E-state index contributed by atoms with van der Waals surface area (Å²) < 4.78 is 19.0. The largest absolute Gasteiger partial charge is 0.454 e. The average Bonchev–Trinajstić information content (AvgIpc) is 2.81. The van der Waals surface area contributed by atoms with E-state index < -0.39 is 46.8 Å². The fraction of sp³-hybridized carbons (Fsp3) is 0.875. The minimum Gasteiger partial charge on any atom is -0.454 e. The standard InChI is InChI=1S/C8H7Cl3O6/c9-8(10,11)7-16-4-3-2(15-6(4)17-7)1(12)5(13)14-3/h1-4,6-7,12H/t1-,2+,3-,4+,6?,7?/m0/s1. The second kappa shape index (κ2) is 3.84. The van der Waals surface area contributed by atoms with Gasteiger partial charge in [0, 0.05) is 0 Å². The van der Waals surface area contributed by atoms with E-state index in [0.29, 0.717) is 0 Å². The average molecular weight is 305 g/mol. The van der Waals surface area contributed by atoms with Crippen LogP contribution in [0.2, 0.25) is 0 Å². The van der Waals surface area contributed by atoms with Crippen LogP contribution in [0.15, 0.2) is 0 Å². The first kappa shape index (κ1) is 12.2. The molecule has 2 unspecified atom stereocenters. The maximum Gasteiger partial charge on any atom is 0.338 e. The Balaban J connectivity index is 1.76. The van der Waals surface area contributed by atoms with E-state index >= 15 is 0 Å². The van der Waals surface area contributed by atoms with Gasteiger partial charge in [0.15, 0.2) is 24.6 Å². The number of hydrogen-bond acceptors (Lipinski definition) is 6. The number of aliphatic hydroxyl groups excluding tert-OH is 1. The summed E-state index contributed by atoms with van der Waals surface area (Å²) in [7, 11) is 0. The zero-order chi connectivity index (χ0) is 12.4. The Morgan fingerprint density at radius 2 is 1.76 bits per heavy atom. The van der Waals surface area contributed by atoms with Gasteiger partial charge in [0.1, 0.15) is 6.10 Å². The molecule has 3 aliphatic rings. The van der Waals surface area contributed by atoms with Crippen molar-refractivity contribution < 1.29 is 28.8 Å². The van der Waals surface area contributed by atoms with Gasteiger partial charge in [0.05, 0.1) is 0 Å². The summed E-state index contributed by atoms with van der Waals surface area (Å²) in [5, 5.41) is 9.46. The van der Waals surface area contributed by atoms with Crippen LogP contribution in [0.25, 0.3) is 0 Å². The number of ether oxygens (including phenoxy) is 4. The van der Waals surface area contributed by atoms with Gasteiger partial charge < -0.3 is 24.1 Å². The highest BCUT2D eigenvalue weighted by Gasteiger charge is 2.63. The maximum absolute atomic E-state index is 11.1. The molecule has 3 aliphatic heterocycles. The van der Waals surface area contributed by atoms with E-state index in [2.05, 4.69) is 0 Å². The molecule has 0 spiro atoms. The summed E-state index contributed by atoms with van der Waals surface area (Å²) in [6, 6.07) is 0. The second-order valence-corrected chi connectivity index (χ2v) is 6.29. The van der Waals surface area contributed by atoms with Crippen LogP contribution in [-0.2, 0) is 23.7 Å². The van der Waals surface area contributed by atoms with Crippen molar-refractivity contribution in [3.05, 3.63) is 0 Å². The van der Waals surface area contributed by atoms with E-state index in [1.807, 2.05) is 0 Å². The van der Waals surface area contributed by atoms with Gasteiger partial charge in [-0.3, -0.25) is 0 Å². The molecule has 0 saturated carbocycles. The van der Waals surface area contributed by atoms with Crippen molar-refractivity contribution in [1.82, 2.24) is 0 Å². The van der Waals surface area contributed by atoms with Crippen LogP contribution in [0.1, 0.15) is 0 Å². The summed E-state index contributed by atoms with van der Waals surface area (Å²) in [6.07, 6.45) is -5.47. The Labute approximate surface area is 111 Å². The van der Waals surface area contributed by atoms with Crippen LogP contribution in [0.4, 0.5) is 0 Å². The molecule has 6 atom stereocenters. The van der Waals surface area contributed by atoms with Crippen LogP contribution >= 0.6 is 34.8 Å². The van der Waals surface area contributed by atoms with Gasteiger partial charge in [-0.05, 0) is 0 Å². The number of esters is 1. The lowest BCUT2D eigenvalue weighted by Crippen LogP contribution is -2.35. The molecule has 0 radical (unpaired) electrons. The Morgan fingerprint density at radius 3 is 2.41 bits per heavy atom. The van der Waals surface area contributed by atoms with Gasteiger partial charge in [0.2, 0.25) is 10.1 Å². The molecule has 6 nitrogen and oxygen atoms in total. The van der Waals surface area contributed by atoms with Crippen molar-refractivity contribution in [2.75, 3.05) is 0 Å². The number of halogens is 3. The predicted molar refractivity (Wildman–Crippen MR) is 54.6 cm³/mol. The van der Waals surface area contributed by atoms with Crippen LogP contribution in [0, 0.1) is 0 Å². The normalized spacial score (nSPS) is 49.1. The van der Waals surface area contributed by atoms with Gasteiger partial charge in [-0.25, -0.2) is 4.79 Å². The van der Waals surface area contributed by atoms with E-state index in [1.54, 1.807) is 0 Å². The van der Waals surface area contributed by atoms with Gasteiger partial charge in [-0.1, -0.05) is 34.8 Å². The van der Waals surface area contributed by atoms with Crippen molar-refractivity contribution in [1.29, 1.82) is 0 Å². The van der Waals surface area contributed by atoms with Gasteiger partial charge in [-0.2, -0.15) is 0 Å². The summed E-state index contributed by atoms with van der Waals surface area (Å²) in [6.45, 7) is 0. The smallest absolute Gasteiger partial charge is 0.338 e. The highest BCUT2D eigenvalue weighted by atomic mass is 35.6. The molecule has 0 aliphatic carbocycles. The van der Waals surface area contributed by atoms with Crippen molar-refractivity contribution in [2.45, 2.75) is 40.8 Å². The van der Waals surface area contributed by atoms with E-state index in [0.717, 1.165) is 0 Å². The molecule has 0 aromatic heterocycles. The number of carbonyl (C=O) groups excluding carboxylic acids is 1. The number of hydrogen-bond donors (Lipinski definition) is 1. The molecule has 9 heteroatoms. The highest BCUT2D eigenvalue weighted by molar-refractivity contribution is 6.67. The van der Waals surface area contributed by atoms with Gasteiger partial charge in [0.25, 0.3) is 0 Å². The molecule has 1 N–H and O–H groups in total. The second-order valence-electron chi connectivity index (χ2n) is 3.93. The minimum absolute atomic E-state index is 0.693. The molecule has 0 aromatic rings. The Morgan fingerprint density at radius 1 is 1.06 bits per heavy atom. The van der Waals surface area contributed by atoms with E-state index in [1.165, 1.54) is 0 Å². The third kappa shape index (κ3) is 1.83. The third-order valence-electron chi connectivity index (χ3n) is 2.82. The van der Waals surface area contributed by atoms with Gasteiger partial charge >= 0.3 is 5.97 Å². The molecular weight excluding hydrogens is 298 g/mol. The van der Waals surface area contributed by atoms with Crippen molar-refractivity contribution in [3.8, 4) is 0 Å². The lowest BCUT2D eigenvalue weighted by Gasteiger charge is -2.21. The SMILES string of the molecule is O=C1O[C@H]2[C@H](OC3OC(C(Cl)(Cl)Cl)O[C@@H]32)[C@@H]1O. The Hall–Kier alpha value is 0.180. The van der Waals surface area contributed by atoms with E-state index in [4.69, 9.17) is 53.8 Å². The number of fused-ring (bicyclic) bond motifs is 3. The van der Waals surface area contributed by atoms with Crippen LogP contribution in [-0.4, -0.2) is 51.9 Å². The first-order chi connectivity index (χ1) is 7.88. The first-order valence-corrected chi connectivity index (χ1v) is 5.93. The molecule has 3 heterocycles. The molecule has 3 rings (SSSR count). The number of carbonyl (C=O) groups is 1. The zero-order valence-corrected chi connectivity index (χ0v) is 10.4. The summed E-state index contributed by atoms with van der Waals surface area (Å²) >= 11 is 16.9.